The molecule has 36 heavy (non-hydrogen) atoms. The van der Waals surface area contributed by atoms with Crippen molar-refractivity contribution in [2.75, 3.05) is 5.06 Å². The molecule has 1 heterocycles. The summed E-state index contributed by atoms with van der Waals surface area (Å²) in [6.07, 6.45) is 5.58. The van der Waals surface area contributed by atoms with Gasteiger partial charge in [-0.05, 0) is 72.3 Å². The fourth-order valence-corrected chi connectivity index (χ4v) is 5.00. The van der Waals surface area contributed by atoms with Gasteiger partial charge in [-0.3, -0.25) is 4.84 Å². The lowest BCUT2D eigenvalue weighted by atomic mass is 9.79. The van der Waals surface area contributed by atoms with E-state index < -0.39 is 6.10 Å². The van der Waals surface area contributed by atoms with Gasteiger partial charge < -0.3 is 5.11 Å². The molecule has 3 rings (SSSR count). The van der Waals surface area contributed by atoms with Gasteiger partial charge in [0.15, 0.2) is 0 Å². The van der Waals surface area contributed by atoms with Crippen LogP contribution in [0, 0.1) is 37.5 Å². The standard InChI is InChI=1S/C33H49NO2/c1-21(2)17-25-13-12-14-28-26(25)15-16-29(27-19-22(3)18-23(4)24(27)5)34(28)36-31(33(9,10)11)20-30(35)32(6,7)8/h12-16,18-19,21,29-31,35H,17,20H2,1-11H3. The number of nitrogens with zero attached hydrogens (tertiary/aromatic N) is 1. The number of benzene rings is 2. The molecule has 2 aromatic carbocycles. The van der Waals surface area contributed by atoms with Gasteiger partial charge in [0.1, 0.15) is 6.04 Å². The van der Waals surface area contributed by atoms with Gasteiger partial charge in [-0.25, -0.2) is 5.06 Å². The summed E-state index contributed by atoms with van der Waals surface area (Å²) in [4.78, 5) is 7.03. The van der Waals surface area contributed by atoms with Crippen LogP contribution in [0.15, 0.2) is 36.4 Å². The number of aliphatic hydroxyl groups is 1. The third-order valence-electron chi connectivity index (χ3n) is 7.55. The van der Waals surface area contributed by atoms with Crippen LogP contribution in [0.5, 0.6) is 0 Å². The van der Waals surface area contributed by atoms with Crippen molar-refractivity contribution in [3.8, 4) is 0 Å². The lowest BCUT2D eigenvalue weighted by Crippen LogP contribution is -2.43. The number of fused-ring (bicyclic) bond motifs is 1. The van der Waals surface area contributed by atoms with Crippen molar-refractivity contribution in [2.45, 2.75) is 107 Å². The van der Waals surface area contributed by atoms with E-state index in [0.29, 0.717) is 12.3 Å². The van der Waals surface area contributed by atoms with Gasteiger partial charge in [-0.2, -0.15) is 0 Å². The molecule has 0 bridgehead atoms. The van der Waals surface area contributed by atoms with Gasteiger partial charge >= 0.3 is 0 Å². The molecule has 1 aliphatic heterocycles. The molecule has 3 nitrogen and oxygen atoms in total. The molecule has 0 saturated heterocycles. The average molecular weight is 492 g/mol. The monoisotopic (exact) mass is 491 g/mol. The third-order valence-corrected chi connectivity index (χ3v) is 7.55. The van der Waals surface area contributed by atoms with E-state index in [1.807, 2.05) is 0 Å². The second kappa shape index (κ2) is 10.7. The Morgan fingerprint density at radius 2 is 1.64 bits per heavy atom. The molecule has 2 aromatic rings. The second-order valence-electron chi connectivity index (χ2n) is 13.5. The van der Waals surface area contributed by atoms with E-state index in [2.05, 4.69) is 124 Å². The van der Waals surface area contributed by atoms with E-state index in [-0.39, 0.29) is 23.0 Å². The number of aryl methyl sites for hydroxylation is 2. The molecule has 0 spiro atoms. The minimum absolute atomic E-state index is 0.0398. The van der Waals surface area contributed by atoms with Crippen LogP contribution < -0.4 is 5.06 Å². The van der Waals surface area contributed by atoms with Crippen LogP contribution in [0.25, 0.3) is 6.08 Å². The predicted octanol–water partition coefficient (Wildman–Crippen LogP) is 8.53. The SMILES string of the molecule is Cc1cc(C)c(C)c(C2C=Cc3c(CC(C)C)cccc3N2OC(CC(O)C(C)(C)C)C(C)(C)C)c1. The van der Waals surface area contributed by atoms with Crippen LogP contribution >= 0.6 is 0 Å². The molecule has 3 heteroatoms. The van der Waals surface area contributed by atoms with Crippen LogP contribution in [0.2, 0.25) is 0 Å². The van der Waals surface area contributed by atoms with Crippen molar-refractivity contribution in [3.05, 3.63) is 69.8 Å². The number of hydrogen-bond donors (Lipinski definition) is 1. The quantitative estimate of drug-likeness (QED) is 0.421. The zero-order chi connectivity index (χ0) is 27.0. The van der Waals surface area contributed by atoms with Crippen molar-refractivity contribution in [1.29, 1.82) is 0 Å². The van der Waals surface area contributed by atoms with Crippen LogP contribution in [-0.2, 0) is 11.3 Å². The molecular weight excluding hydrogens is 442 g/mol. The molecular formula is C33H49NO2. The van der Waals surface area contributed by atoms with Gasteiger partial charge in [0.25, 0.3) is 0 Å². The van der Waals surface area contributed by atoms with Crippen molar-refractivity contribution in [2.24, 2.45) is 16.7 Å². The number of hydrogen-bond acceptors (Lipinski definition) is 3. The first kappa shape index (κ1) is 28.5. The molecule has 1 aliphatic rings. The molecule has 0 radical (unpaired) electrons. The van der Waals surface area contributed by atoms with E-state index >= 15 is 0 Å². The van der Waals surface area contributed by atoms with Crippen molar-refractivity contribution in [3.63, 3.8) is 0 Å². The van der Waals surface area contributed by atoms with Gasteiger partial charge in [0.2, 0.25) is 0 Å². The number of rotatable bonds is 7. The number of aliphatic hydroxyl groups excluding tert-OH is 1. The predicted molar refractivity (Wildman–Crippen MR) is 154 cm³/mol. The highest BCUT2D eigenvalue weighted by Gasteiger charge is 2.37. The van der Waals surface area contributed by atoms with Crippen molar-refractivity contribution >= 4 is 11.8 Å². The first-order chi connectivity index (χ1) is 16.6. The lowest BCUT2D eigenvalue weighted by molar-refractivity contribution is -0.0802. The molecule has 1 N–H and O–H groups in total. The van der Waals surface area contributed by atoms with Gasteiger partial charge in [-0.1, -0.05) is 97.4 Å². The van der Waals surface area contributed by atoms with Gasteiger partial charge in [0, 0.05) is 12.0 Å². The Kier molecular flexibility index (Phi) is 8.47. The van der Waals surface area contributed by atoms with E-state index in [0.717, 1.165) is 12.1 Å². The molecule has 0 amide bonds. The molecule has 0 saturated carbocycles. The summed E-state index contributed by atoms with van der Waals surface area (Å²) >= 11 is 0. The summed E-state index contributed by atoms with van der Waals surface area (Å²) in [5.41, 5.74) is 8.48. The minimum Gasteiger partial charge on any atom is -0.392 e. The maximum atomic E-state index is 11.1. The molecule has 0 aliphatic carbocycles. The Hall–Kier alpha value is -2.10. The van der Waals surface area contributed by atoms with Crippen LogP contribution in [-0.4, -0.2) is 17.3 Å². The summed E-state index contributed by atoms with van der Waals surface area (Å²) in [5.74, 6) is 0.572. The van der Waals surface area contributed by atoms with E-state index in [4.69, 9.17) is 4.84 Å². The topological polar surface area (TPSA) is 32.7 Å². The Balaban J connectivity index is 2.15. The smallest absolute Gasteiger partial charge is 0.100 e. The van der Waals surface area contributed by atoms with Crippen LogP contribution in [0.3, 0.4) is 0 Å². The van der Waals surface area contributed by atoms with E-state index in [1.165, 1.54) is 33.4 Å². The number of hydroxylamine groups is 1. The van der Waals surface area contributed by atoms with Crippen LogP contribution in [0.1, 0.15) is 101 Å². The summed E-state index contributed by atoms with van der Waals surface area (Å²) in [5, 5.41) is 13.2. The first-order valence-corrected chi connectivity index (χ1v) is 13.6. The zero-order valence-corrected chi connectivity index (χ0v) is 24.6. The third kappa shape index (κ3) is 6.42. The summed E-state index contributed by atoms with van der Waals surface area (Å²) in [7, 11) is 0. The highest BCUT2D eigenvalue weighted by molar-refractivity contribution is 5.75. The minimum atomic E-state index is -0.463. The molecule has 3 atom stereocenters. The van der Waals surface area contributed by atoms with Crippen molar-refractivity contribution in [1.82, 2.24) is 0 Å². The van der Waals surface area contributed by atoms with Gasteiger partial charge in [-0.15, -0.1) is 0 Å². The van der Waals surface area contributed by atoms with Crippen molar-refractivity contribution < 1.29 is 9.94 Å². The van der Waals surface area contributed by atoms with Crippen LogP contribution in [0.4, 0.5) is 5.69 Å². The molecule has 198 valence electrons. The molecule has 3 unspecified atom stereocenters. The van der Waals surface area contributed by atoms with E-state index in [9.17, 15) is 5.11 Å². The Bertz CT molecular complexity index is 1080. The first-order valence-electron chi connectivity index (χ1n) is 13.6. The van der Waals surface area contributed by atoms with E-state index in [1.54, 1.807) is 0 Å². The highest BCUT2D eigenvalue weighted by Crippen LogP contribution is 2.43. The summed E-state index contributed by atoms with van der Waals surface area (Å²) in [6, 6.07) is 11.1. The molecule has 0 fully saturated rings. The maximum absolute atomic E-state index is 11.1. The molecule has 0 aromatic heterocycles. The summed E-state index contributed by atoms with van der Waals surface area (Å²) < 4.78 is 0. The normalized spacial score (nSPS) is 17.9. The second-order valence-corrected chi connectivity index (χ2v) is 13.5. The number of anilines is 1. The zero-order valence-electron chi connectivity index (χ0n) is 24.6. The fraction of sp³-hybridized carbons (Fsp3) is 0.576. The lowest BCUT2D eigenvalue weighted by Gasteiger charge is -2.43. The average Bonchev–Trinajstić information content (AvgIpc) is 2.74. The Labute approximate surface area is 220 Å². The largest absolute Gasteiger partial charge is 0.392 e. The van der Waals surface area contributed by atoms with Gasteiger partial charge in [0.05, 0.1) is 17.9 Å². The summed E-state index contributed by atoms with van der Waals surface area (Å²) in [6.45, 7) is 24.0. The Morgan fingerprint density at radius 3 is 2.22 bits per heavy atom. The Morgan fingerprint density at radius 1 is 0.972 bits per heavy atom. The maximum Gasteiger partial charge on any atom is 0.100 e. The highest BCUT2D eigenvalue weighted by atomic mass is 16.7. The fourth-order valence-electron chi connectivity index (χ4n) is 5.00.